The Balaban J connectivity index is 4.27. The number of aliphatic hydroxyl groups excluding tert-OH is 2. The van der Waals surface area contributed by atoms with E-state index in [4.69, 9.17) is 10.2 Å². The van der Waals surface area contributed by atoms with Gasteiger partial charge < -0.3 is 10.2 Å². The van der Waals surface area contributed by atoms with Gasteiger partial charge in [0, 0.05) is 0 Å². The van der Waals surface area contributed by atoms with Crippen LogP contribution in [0, 0.1) is 0 Å². The Morgan fingerprint density at radius 2 is 2.08 bits per heavy atom. The van der Waals surface area contributed by atoms with Crippen LogP contribution in [0.3, 0.4) is 0 Å². The minimum absolute atomic E-state index is 0.460. The second-order valence-electron chi connectivity index (χ2n) is 2.23. The number of rotatable bonds is 4. The summed E-state index contributed by atoms with van der Waals surface area (Å²) in [4.78, 5) is 0. The molecule has 4 heteroatoms. The molecule has 2 N–H and O–H groups in total. The van der Waals surface area contributed by atoms with Gasteiger partial charge in [-0.1, -0.05) is 18.2 Å². The summed E-state index contributed by atoms with van der Waals surface area (Å²) in [5, 5.41) is 17.1. The molecule has 70 valence electrons. The molecule has 1 unspecified atom stereocenters. The highest BCUT2D eigenvalue weighted by atomic mass is 19.3. The quantitative estimate of drug-likeness (QED) is 0.633. The molecule has 0 saturated carbocycles. The van der Waals surface area contributed by atoms with E-state index in [9.17, 15) is 8.78 Å². The first kappa shape index (κ1) is 11.3. The Labute approximate surface area is 69.8 Å². The minimum atomic E-state index is -3.31. The van der Waals surface area contributed by atoms with E-state index in [-0.39, 0.29) is 0 Å². The van der Waals surface area contributed by atoms with Gasteiger partial charge >= 0.3 is 0 Å². The summed E-state index contributed by atoms with van der Waals surface area (Å²) >= 11 is 0. The first-order valence-corrected chi connectivity index (χ1v) is 3.52. The van der Waals surface area contributed by atoms with Crippen molar-refractivity contribution >= 4 is 0 Å². The Morgan fingerprint density at radius 3 is 2.50 bits per heavy atom. The monoisotopic (exact) mass is 178 g/mol. The molecule has 0 bridgehead atoms. The molecule has 0 aliphatic heterocycles. The van der Waals surface area contributed by atoms with Gasteiger partial charge in [0.1, 0.15) is 6.10 Å². The van der Waals surface area contributed by atoms with E-state index in [0.29, 0.717) is 6.08 Å². The molecular formula is C8H12F2O2. The fourth-order valence-electron chi connectivity index (χ4n) is 0.619. The average molecular weight is 178 g/mol. The number of hydrogen-bond acceptors (Lipinski definition) is 2. The number of alkyl halides is 2. The van der Waals surface area contributed by atoms with E-state index in [1.165, 1.54) is 13.0 Å². The lowest BCUT2D eigenvalue weighted by molar-refractivity contribution is -0.0453. The molecule has 0 aliphatic rings. The highest BCUT2D eigenvalue weighted by Crippen LogP contribution is 2.21. The lowest BCUT2D eigenvalue weighted by Crippen LogP contribution is -2.29. The average Bonchev–Trinajstić information content (AvgIpc) is 2.01. The van der Waals surface area contributed by atoms with Crippen LogP contribution in [0.5, 0.6) is 0 Å². The zero-order valence-electron chi connectivity index (χ0n) is 6.74. The second kappa shape index (κ2) is 5.00. The molecule has 0 aromatic carbocycles. The predicted molar refractivity (Wildman–Crippen MR) is 42.0 cm³/mol. The maximum Gasteiger partial charge on any atom is 0.295 e. The van der Waals surface area contributed by atoms with Gasteiger partial charge in [0.2, 0.25) is 0 Å². The van der Waals surface area contributed by atoms with Gasteiger partial charge in [-0.15, -0.1) is 0 Å². The summed E-state index contributed by atoms with van der Waals surface area (Å²) in [7, 11) is 0. The van der Waals surface area contributed by atoms with E-state index in [0.717, 1.165) is 12.2 Å². The molecule has 0 amide bonds. The Bertz CT molecular complexity index is 176. The van der Waals surface area contributed by atoms with E-state index >= 15 is 0 Å². The normalized spacial score (nSPS) is 16.1. The van der Waals surface area contributed by atoms with Crippen molar-refractivity contribution in [3.63, 3.8) is 0 Å². The number of aliphatic hydroxyl groups is 2. The second-order valence-corrected chi connectivity index (χ2v) is 2.23. The van der Waals surface area contributed by atoms with Gasteiger partial charge in [0.05, 0.1) is 6.61 Å². The zero-order valence-corrected chi connectivity index (χ0v) is 6.74. The minimum Gasteiger partial charge on any atom is -0.392 e. The zero-order chi connectivity index (χ0) is 9.61. The van der Waals surface area contributed by atoms with E-state index in [1.54, 1.807) is 0 Å². The van der Waals surface area contributed by atoms with Crippen LogP contribution in [-0.2, 0) is 0 Å². The predicted octanol–water partition coefficient (Wildman–Crippen LogP) is 1.11. The van der Waals surface area contributed by atoms with Gasteiger partial charge in [0.25, 0.3) is 5.92 Å². The number of hydrogen-bond donors (Lipinski definition) is 2. The highest BCUT2D eigenvalue weighted by molar-refractivity contribution is 5.05. The molecule has 12 heavy (non-hydrogen) atoms. The van der Waals surface area contributed by atoms with Gasteiger partial charge in [-0.3, -0.25) is 0 Å². The topological polar surface area (TPSA) is 40.5 Å². The molecule has 0 rings (SSSR count). The largest absolute Gasteiger partial charge is 0.392 e. The molecular weight excluding hydrogens is 166 g/mol. The van der Waals surface area contributed by atoms with Crippen LogP contribution in [-0.4, -0.2) is 28.8 Å². The molecule has 0 heterocycles. The molecule has 0 aliphatic carbocycles. The lowest BCUT2D eigenvalue weighted by atomic mass is 10.1. The van der Waals surface area contributed by atoms with Crippen molar-refractivity contribution in [2.24, 2.45) is 0 Å². The Hall–Kier alpha value is -0.740. The SMILES string of the molecule is C/C=C/C(O)C(F)(F)/C=C\CO. The maximum absolute atomic E-state index is 12.7. The smallest absolute Gasteiger partial charge is 0.295 e. The summed E-state index contributed by atoms with van der Waals surface area (Å²) in [6.45, 7) is 1.08. The van der Waals surface area contributed by atoms with Crippen LogP contribution >= 0.6 is 0 Å². The maximum atomic E-state index is 12.7. The van der Waals surface area contributed by atoms with Crippen LogP contribution in [0.1, 0.15) is 6.92 Å². The van der Waals surface area contributed by atoms with Crippen molar-refractivity contribution in [2.75, 3.05) is 6.61 Å². The van der Waals surface area contributed by atoms with Crippen molar-refractivity contribution < 1.29 is 19.0 Å². The summed E-state index contributed by atoms with van der Waals surface area (Å²) in [6, 6.07) is 0. The molecule has 0 fully saturated rings. The summed E-state index contributed by atoms with van der Waals surface area (Å²) in [5.41, 5.74) is 0. The third-order valence-electron chi connectivity index (χ3n) is 1.21. The van der Waals surface area contributed by atoms with E-state index in [1.807, 2.05) is 0 Å². The van der Waals surface area contributed by atoms with Crippen LogP contribution in [0.25, 0.3) is 0 Å². The molecule has 0 radical (unpaired) electrons. The molecule has 0 aromatic rings. The standard InChI is InChI=1S/C8H12F2O2/c1-2-4-7(12)8(9,10)5-3-6-11/h2-5,7,11-12H,6H2,1H3/b4-2+,5-3-. The fourth-order valence-corrected chi connectivity index (χ4v) is 0.619. The van der Waals surface area contributed by atoms with Gasteiger partial charge in [-0.2, -0.15) is 8.78 Å². The van der Waals surface area contributed by atoms with Crippen LogP contribution < -0.4 is 0 Å². The van der Waals surface area contributed by atoms with Crippen molar-refractivity contribution in [2.45, 2.75) is 19.0 Å². The lowest BCUT2D eigenvalue weighted by Gasteiger charge is -2.15. The molecule has 0 saturated heterocycles. The van der Waals surface area contributed by atoms with Crippen molar-refractivity contribution in [1.82, 2.24) is 0 Å². The number of halogens is 2. The molecule has 0 spiro atoms. The van der Waals surface area contributed by atoms with Crippen LogP contribution in [0.2, 0.25) is 0 Å². The third kappa shape index (κ3) is 3.59. The van der Waals surface area contributed by atoms with Gasteiger partial charge in [-0.05, 0) is 13.0 Å². The fraction of sp³-hybridized carbons (Fsp3) is 0.500. The Kier molecular flexibility index (Phi) is 4.70. The summed E-state index contributed by atoms with van der Waals surface area (Å²) < 4.78 is 25.4. The van der Waals surface area contributed by atoms with E-state index < -0.39 is 18.6 Å². The van der Waals surface area contributed by atoms with Crippen molar-refractivity contribution in [3.8, 4) is 0 Å². The first-order chi connectivity index (χ1) is 5.54. The number of allylic oxidation sites excluding steroid dienone is 1. The summed E-state index contributed by atoms with van der Waals surface area (Å²) in [5.74, 6) is -3.31. The van der Waals surface area contributed by atoms with Gasteiger partial charge in [0.15, 0.2) is 0 Å². The van der Waals surface area contributed by atoms with Crippen LogP contribution in [0.15, 0.2) is 24.3 Å². The van der Waals surface area contributed by atoms with Crippen LogP contribution in [0.4, 0.5) is 8.78 Å². The molecule has 0 aromatic heterocycles. The highest BCUT2D eigenvalue weighted by Gasteiger charge is 2.32. The van der Waals surface area contributed by atoms with Crippen molar-refractivity contribution in [1.29, 1.82) is 0 Å². The Morgan fingerprint density at radius 1 is 1.50 bits per heavy atom. The molecule has 2 nitrogen and oxygen atoms in total. The summed E-state index contributed by atoms with van der Waals surface area (Å²) in [6.07, 6.45) is 1.88. The third-order valence-corrected chi connectivity index (χ3v) is 1.21. The van der Waals surface area contributed by atoms with Gasteiger partial charge in [-0.25, -0.2) is 0 Å². The van der Waals surface area contributed by atoms with Crippen molar-refractivity contribution in [3.05, 3.63) is 24.3 Å². The molecule has 1 atom stereocenters. The van der Waals surface area contributed by atoms with E-state index in [2.05, 4.69) is 0 Å². The first-order valence-electron chi connectivity index (χ1n) is 3.52.